The molecule has 0 rings (SSSR count). The highest BCUT2D eigenvalue weighted by Gasteiger charge is 2.12. The minimum Gasteiger partial charge on any atom is -0.0888 e. The zero-order valence-electron chi connectivity index (χ0n) is 20.0. The Hall–Kier alpha value is 0.480. The Morgan fingerprint density at radius 1 is 0.444 bits per heavy atom. The number of hydrogen-bond donors (Lipinski definition) is 0. The Bertz CT molecular complexity index is 230. The fourth-order valence-electron chi connectivity index (χ4n) is 3.51. The van der Waals surface area contributed by atoms with Crippen LogP contribution in [-0.4, -0.2) is 4.83 Å². The zero-order chi connectivity index (χ0) is 20.6. The largest absolute Gasteiger partial charge is 0.0888 e. The van der Waals surface area contributed by atoms with Crippen LogP contribution in [0.3, 0.4) is 0 Å². The van der Waals surface area contributed by atoms with Crippen molar-refractivity contribution >= 4 is 15.9 Å². The molecule has 0 aromatic heterocycles. The minimum absolute atomic E-state index is 0.754. The van der Waals surface area contributed by atoms with Crippen molar-refractivity contribution in [3.8, 4) is 0 Å². The lowest BCUT2D eigenvalue weighted by molar-refractivity contribution is 0.450. The summed E-state index contributed by atoms with van der Waals surface area (Å²) < 4.78 is 0. The summed E-state index contributed by atoms with van der Waals surface area (Å²) in [5.74, 6) is 0.859. The van der Waals surface area contributed by atoms with E-state index in [1.807, 2.05) is 0 Å². The second-order valence-electron chi connectivity index (χ2n) is 8.67. The molecule has 0 amide bonds. The van der Waals surface area contributed by atoms with Crippen LogP contribution in [-0.2, 0) is 0 Å². The van der Waals surface area contributed by atoms with Gasteiger partial charge in [0, 0.05) is 4.83 Å². The first-order valence-electron chi connectivity index (χ1n) is 12.8. The van der Waals surface area contributed by atoms with Crippen molar-refractivity contribution < 1.29 is 0 Å². The van der Waals surface area contributed by atoms with Gasteiger partial charge in [0.15, 0.2) is 0 Å². The van der Waals surface area contributed by atoms with E-state index < -0.39 is 0 Å². The van der Waals surface area contributed by atoms with Gasteiger partial charge in [0.1, 0.15) is 0 Å². The van der Waals surface area contributed by atoms with Gasteiger partial charge in [-0.3, -0.25) is 0 Å². The Balaban J connectivity index is 0. The van der Waals surface area contributed by atoms with Crippen molar-refractivity contribution in [1.29, 1.82) is 0 Å². The smallest absolute Gasteiger partial charge is 0.0171 e. The van der Waals surface area contributed by atoms with E-state index in [9.17, 15) is 0 Å². The molecule has 0 saturated carbocycles. The van der Waals surface area contributed by atoms with Crippen molar-refractivity contribution in [2.45, 2.75) is 161 Å². The number of hydrogen-bond acceptors (Lipinski definition) is 0. The predicted molar refractivity (Wildman–Crippen MR) is 132 cm³/mol. The van der Waals surface area contributed by atoms with Crippen LogP contribution in [0, 0.1) is 5.92 Å². The standard InChI is InChI=1S/C16H33Br.C10H22/c1-4-6-8-9-10-12-13-15(3)16(17)14-11-7-5-2;1-3-5-7-9-10-8-6-4-2/h15-16H,4-14H2,1-3H3;3-10H2,1-2H3. The van der Waals surface area contributed by atoms with Crippen LogP contribution in [0.1, 0.15) is 157 Å². The molecule has 166 valence electrons. The third-order valence-corrected chi connectivity index (χ3v) is 7.03. The molecule has 0 aliphatic rings. The normalized spacial score (nSPS) is 13.1. The van der Waals surface area contributed by atoms with Gasteiger partial charge in [-0.25, -0.2) is 0 Å². The van der Waals surface area contributed by atoms with Gasteiger partial charge in [-0.2, -0.15) is 0 Å². The van der Waals surface area contributed by atoms with Gasteiger partial charge in [-0.15, -0.1) is 0 Å². The molecule has 0 aliphatic carbocycles. The third-order valence-electron chi connectivity index (χ3n) is 5.67. The number of rotatable bonds is 19. The van der Waals surface area contributed by atoms with E-state index in [1.165, 1.54) is 122 Å². The highest BCUT2D eigenvalue weighted by molar-refractivity contribution is 9.09. The van der Waals surface area contributed by atoms with Gasteiger partial charge < -0.3 is 0 Å². The molecule has 2 atom stereocenters. The van der Waals surface area contributed by atoms with Crippen molar-refractivity contribution in [3.05, 3.63) is 0 Å². The van der Waals surface area contributed by atoms with Crippen LogP contribution < -0.4 is 0 Å². The Kier molecular flexibility index (Phi) is 29.1. The van der Waals surface area contributed by atoms with E-state index in [1.54, 1.807) is 0 Å². The molecule has 0 bridgehead atoms. The summed E-state index contributed by atoms with van der Waals surface area (Å²) in [7, 11) is 0. The maximum Gasteiger partial charge on any atom is 0.0171 e. The van der Waals surface area contributed by atoms with Gasteiger partial charge in [-0.1, -0.05) is 160 Å². The van der Waals surface area contributed by atoms with Crippen molar-refractivity contribution in [3.63, 3.8) is 0 Å². The van der Waals surface area contributed by atoms with E-state index in [4.69, 9.17) is 0 Å². The molecular formula is C26H55Br. The average Bonchev–Trinajstić information content (AvgIpc) is 2.67. The summed E-state index contributed by atoms with van der Waals surface area (Å²) in [6.07, 6.45) is 26.9. The maximum atomic E-state index is 3.87. The van der Waals surface area contributed by atoms with Crippen molar-refractivity contribution in [1.82, 2.24) is 0 Å². The lowest BCUT2D eigenvalue weighted by Crippen LogP contribution is -2.10. The first kappa shape index (κ1) is 29.7. The molecule has 0 N–H and O–H groups in total. The van der Waals surface area contributed by atoms with Crippen molar-refractivity contribution in [2.24, 2.45) is 5.92 Å². The van der Waals surface area contributed by atoms with E-state index >= 15 is 0 Å². The Morgan fingerprint density at radius 3 is 1.15 bits per heavy atom. The van der Waals surface area contributed by atoms with Crippen LogP contribution in [0.5, 0.6) is 0 Å². The Morgan fingerprint density at radius 2 is 0.741 bits per heavy atom. The molecule has 2 unspecified atom stereocenters. The molecule has 0 aliphatic heterocycles. The molecule has 0 heterocycles. The monoisotopic (exact) mass is 446 g/mol. The fraction of sp³-hybridized carbons (Fsp3) is 1.00. The summed E-state index contributed by atoms with van der Waals surface area (Å²) in [5, 5.41) is 0. The first-order chi connectivity index (χ1) is 13.1. The molecule has 0 aromatic rings. The van der Waals surface area contributed by atoms with Gasteiger partial charge in [0.25, 0.3) is 0 Å². The van der Waals surface area contributed by atoms with Gasteiger partial charge in [-0.05, 0) is 18.8 Å². The summed E-state index contributed by atoms with van der Waals surface area (Å²) >= 11 is 3.87. The van der Waals surface area contributed by atoms with Crippen molar-refractivity contribution in [2.75, 3.05) is 0 Å². The fourth-order valence-corrected chi connectivity index (χ4v) is 4.10. The average molecular weight is 448 g/mol. The molecule has 0 fully saturated rings. The molecule has 1 heteroatoms. The van der Waals surface area contributed by atoms with E-state index in [-0.39, 0.29) is 0 Å². The number of unbranched alkanes of at least 4 members (excludes halogenated alkanes) is 14. The summed E-state index contributed by atoms with van der Waals surface area (Å²) in [4.78, 5) is 0.754. The van der Waals surface area contributed by atoms with Gasteiger partial charge >= 0.3 is 0 Å². The summed E-state index contributed by atoms with van der Waals surface area (Å²) in [5.41, 5.74) is 0. The number of halogens is 1. The molecular weight excluding hydrogens is 392 g/mol. The van der Waals surface area contributed by atoms with Gasteiger partial charge in [0.05, 0.1) is 0 Å². The maximum absolute atomic E-state index is 3.87. The van der Waals surface area contributed by atoms with Gasteiger partial charge in [0.2, 0.25) is 0 Å². The van der Waals surface area contributed by atoms with Crippen LogP contribution >= 0.6 is 15.9 Å². The van der Waals surface area contributed by atoms with E-state index in [0.29, 0.717) is 0 Å². The topological polar surface area (TPSA) is 0 Å². The molecule has 0 saturated heterocycles. The van der Waals surface area contributed by atoms with E-state index in [0.717, 1.165) is 10.7 Å². The Labute approximate surface area is 183 Å². The predicted octanol–water partition coefficient (Wildman–Crippen LogP) is 10.9. The van der Waals surface area contributed by atoms with E-state index in [2.05, 4.69) is 50.5 Å². The highest BCUT2D eigenvalue weighted by Crippen LogP contribution is 2.24. The second-order valence-corrected chi connectivity index (χ2v) is 9.84. The molecule has 0 spiro atoms. The lowest BCUT2D eigenvalue weighted by Gasteiger charge is -2.18. The molecule has 27 heavy (non-hydrogen) atoms. The second kappa shape index (κ2) is 26.5. The van der Waals surface area contributed by atoms with Crippen LogP contribution in [0.2, 0.25) is 0 Å². The third kappa shape index (κ3) is 26.5. The van der Waals surface area contributed by atoms with Crippen LogP contribution in [0.25, 0.3) is 0 Å². The summed E-state index contributed by atoms with van der Waals surface area (Å²) in [6.45, 7) is 11.5. The lowest BCUT2D eigenvalue weighted by atomic mass is 9.96. The summed E-state index contributed by atoms with van der Waals surface area (Å²) in [6, 6.07) is 0. The van der Waals surface area contributed by atoms with Crippen LogP contribution in [0.4, 0.5) is 0 Å². The molecule has 0 radical (unpaired) electrons. The molecule has 0 aromatic carbocycles. The zero-order valence-corrected chi connectivity index (χ0v) is 21.6. The number of alkyl halides is 1. The quantitative estimate of drug-likeness (QED) is 0.136. The minimum atomic E-state index is 0.754. The molecule has 0 nitrogen and oxygen atoms in total. The van der Waals surface area contributed by atoms with Crippen LogP contribution in [0.15, 0.2) is 0 Å². The first-order valence-corrected chi connectivity index (χ1v) is 13.7. The SMILES string of the molecule is CCCCCCCCC(C)C(Br)CCCCC.CCCCCCCCCC. The highest BCUT2D eigenvalue weighted by atomic mass is 79.9.